The van der Waals surface area contributed by atoms with Crippen LogP contribution in [0.1, 0.15) is 89.8 Å². The van der Waals surface area contributed by atoms with Crippen LogP contribution in [0.3, 0.4) is 0 Å². The summed E-state index contributed by atoms with van der Waals surface area (Å²) >= 11 is 0. The third-order valence-corrected chi connectivity index (χ3v) is 15.5. The van der Waals surface area contributed by atoms with Crippen LogP contribution in [-0.2, 0) is 16.1 Å². The number of benzene rings is 3. The molecule has 0 saturated heterocycles. The molecule has 0 unspecified atom stereocenters. The van der Waals surface area contributed by atoms with E-state index in [1.165, 1.54) is 22.3 Å². The largest absolute Gasteiger partial charge is 0.540 e. The number of amides is 1. The lowest BCUT2D eigenvalue weighted by Crippen LogP contribution is -2.50. The summed E-state index contributed by atoms with van der Waals surface area (Å²) in [6.07, 6.45) is 1.70. The zero-order valence-electron chi connectivity index (χ0n) is 28.5. The molecule has 3 aromatic carbocycles. The van der Waals surface area contributed by atoms with Gasteiger partial charge in [-0.15, -0.1) is 0 Å². The van der Waals surface area contributed by atoms with E-state index >= 15 is 0 Å². The standard InChI is InChI=1S/C38H51NO6Si/c1-26(2)46(27(3)4,28(5)6)45-35-21-20-29(23-36(35)43-7)24-39(22-14-8-9-19-37(40)41)38(42)44-25-34-32-17-12-10-15-30(32)31-16-11-13-18-33(31)34/h10-13,15-18,20-21,23,26-28,34H,8-9,14,19,22,24-25H2,1-7H3,(H,40,41). The first-order valence-corrected chi connectivity index (χ1v) is 18.8. The van der Waals surface area contributed by atoms with Gasteiger partial charge in [0, 0.05) is 25.4 Å². The van der Waals surface area contributed by atoms with Crippen molar-refractivity contribution >= 4 is 20.4 Å². The first-order valence-electron chi connectivity index (χ1n) is 16.7. The van der Waals surface area contributed by atoms with Crippen molar-refractivity contribution in [3.63, 3.8) is 0 Å². The van der Waals surface area contributed by atoms with Crippen LogP contribution < -0.4 is 9.16 Å². The molecule has 1 N–H and O–H groups in total. The summed E-state index contributed by atoms with van der Waals surface area (Å²) in [6.45, 7) is 14.6. The number of carbonyl (C=O) groups excluding carboxylic acids is 1. The maximum Gasteiger partial charge on any atom is 0.410 e. The second-order valence-electron chi connectivity index (χ2n) is 13.3. The Labute approximate surface area is 276 Å². The topological polar surface area (TPSA) is 85.3 Å². The second kappa shape index (κ2) is 15.7. The SMILES string of the molecule is COc1cc(CN(CCCCCC(=O)O)C(=O)OCC2c3ccccc3-c3ccccc32)ccc1O[Si](C(C)C)(C(C)C)C(C)C. The molecule has 0 radical (unpaired) electrons. The molecule has 0 fully saturated rings. The van der Waals surface area contributed by atoms with Crippen molar-refractivity contribution in [2.75, 3.05) is 20.3 Å². The van der Waals surface area contributed by atoms with E-state index in [2.05, 4.69) is 65.8 Å². The van der Waals surface area contributed by atoms with Gasteiger partial charge in [-0.05, 0) is 69.4 Å². The Balaban J connectivity index is 1.53. The minimum Gasteiger partial charge on any atom is -0.540 e. The Hall–Kier alpha value is -3.78. The zero-order valence-corrected chi connectivity index (χ0v) is 29.5. The second-order valence-corrected chi connectivity index (χ2v) is 18.7. The molecule has 1 aliphatic carbocycles. The fourth-order valence-electron chi connectivity index (χ4n) is 7.33. The van der Waals surface area contributed by atoms with Gasteiger partial charge >= 0.3 is 12.1 Å². The fourth-order valence-corrected chi connectivity index (χ4v) is 12.6. The van der Waals surface area contributed by atoms with Gasteiger partial charge in [0.2, 0.25) is 0 Å². The highest BCUT2D eigenvalue weighted by molar-refractivity contribution is 6.78. The Bertz CT molecular complexity index is 1420. The summed E-state index contributed by atoms with van der Waals surface area (Å²) < 4.78 is 18.8. The van der Waals surface area contributed by atoms with Crippen LogP contribution in [0.2, 0.25) is 16.6 Å². The number of rotatable bonds is 16. The molecule has 0 aromatic heterocycles. The number of carbonyl (C=O) groups is 2. The Morgan fingerprint density at radius 3 is 1.93 bits per heavy atom. The molecule has 0 heterocycles. The molecule has 3 aromatic rings. The van der Waals surface area contributed by atoms with Crippen LogP contribution in [0.15, 0.2) is 66.7 Å². The van der Waals surface area contributed by atoms with E-state index in [-0.39, 0.29) is 25.0 Å². The van der Waals surface area contributed by atoms with Crippen LogP contribution in [0.25, 0.3) is 11.1 Å². The highest BCUT2D eigenvalue weighted by Gasteiger charge is 2.47. The number of fused-ring (bicyclic) bond motifs is 3. The summed E-state index contributed by atoms with van der Waals surface area (Å²) in [4.78, 5) is 26.4. The molecule has 8 heteroatoms. The first kappa shape index (κ1) is 35.1. The van der Waals surface area contributed by atoms with Gasteiger partial charge in [-0.2, -0.15) is 0 Å². The molecule has 1 aliphatic rings. The van der Waals surface area contributed by atoms with Gasteiger partial charge in [-0.3, -0.25) is 4.79 Å². The Morgan fingerprint density at radius 1 is 0.804 bits per heavy atom. The quantitative estimate of drug-likeness (QED) is 0.123. The maximum atomic E-state index is 13.7. The lowest BCUT2D eigenvalue weighted by molar-refractivity contribution is -0.137. The molecular weight excluding hydrogens is 595 g/mol. The predicted octanol–water partition coefficient (Wildman–Crippen LogP) is 9.65. The monoisotopic (exact) mass is 645 g/mol. The van der Waals surface area contributed by atoms with Gasteiger partial charge in [0.25, 0.3) is 8.32 Å². The first-order chi connectivity index (χ1) is 22.0. The molecular formula is C38H51NO6Si. The number of nitrogens with zero attached hydrogens (tertiary/aromatic N) is 1. The summed E-state index contributed by atoms with van der Waals surface area (Å²) in [7, 11) is -0.544. The number of methoxy groups -OCH3 is 1. The lowest BCUT2D eigenvalue weighted by Gasteiger charge is -2.42. The average Bonchev–Trinajstić information content (AvgIpc) is 3.34. The third kappa shape index (κ3) is 7.77. The minimum absolute atomic E-state index is 0.0300. The van der Waals surface area contributed by atoms with E-state index in [4.69, 9.17) is 19.0 Å². The molecule has 0 spiro atoms. The normalized spacial score (nSPS) is 12.7. The predicted molar refractivity (Wildman–Crippen MR) is 186 cm³/mol. The Kier molecular flexibility index (Phi) is 12.0. The molecule has 0 atom stereocenters. The van der Waals surface area contributed by atoms with Crippen LogP contribution in [0, 0.1) is 0 Å². The van der Waals surface area contributed by atoms with Gasteiger partial charge in [0.15, 0.2) is 5.75 Å². The molecule has 0 saturated carbocycles. The van der Waals surface area contributed by atoms with Crippen molar-refractivity contribution in [1.82, 2.24) is 4.90 Å². The number of hydrogen-bond donors (Lipinski definition) is 1. The molecule has 7 nitrogen and oxygen atoms in total. The van der Waals surface area contributed by atoms with Crippen LogP contribution in [-0.4, -0.2) is 50.6 Å². The number of unbranched alkanes of at least 4 members (excludes halogenated alkanes) is 2. The summed E-state index contributed by atoms with van der Waals surface area (Å²) in [5, 5.41) is 9.05. The smallest absolute Gasteiger partial charge is 0.410 e. The maximum absolute atomic E-state index is 13.7. The zero-order chi connectivity index (χ0) is 33.4. The lowest BCUT2D eigenvalue weighted by atomic mass is 9.98. The molecule has 248 valence electrons. The van der Waals surface area contributed by atoms with E-state index in [1.807, 2.05) is 42.5 Å². The van der Waals surface area contributed by atoms with Crippen molar-refractivity contribution in [2.45, 2.75) is 96.3 Å². The number of carboxylic acid groups (broad SMARTS) is 1. The van der Waals surface area contributed by atoms with Crippen LogP contribution in [0.5, 0.6) is 11.5 Å². The van der Waals surface area contributed by atoms with Crippen molar-refractivity contribution in [3.05, 3.63) is 83.4 Å². The van der Waals surface area contributed by atoms with Crippen molar-refractivity contribution < 1.29 is 28.6 Å². The molecule has 0 bridgehead atoms. The van der Waals surface area contributed by atoms with E-state index < -0.39 is 14.3 Å². The number of hydrogen-bond acceptors (Lipinski definition) is 5. The van der Waals surface area contributed by atoms with Crippen LogP contribution in [0.4, 0.5) is 4.79 Å². The molecule has 0 aliphatic heterocycles. The van der Waals surface area contributed by atoms with Crippen LogP contribution >= 0.6 is 0 Å². The summed E-state index contributed by atoms with van der Waals surface area (Å²) in [5.74, 6) is 0.570. The van der Waals surface area contributed by atoms with Gasteiger partial charge in [0.1, 0.15) is 12.4 Å². The van der Waals surface area contributed by atoms with Crippen molar-refractivity contribution in [2.24, 2.45) is 0 Å². The van der Waals surface area contributed by atoms with E-state index in [9.17, 15) is 9.59 Å². The third-order valence-electron chi connectivity index (χ3n) is 9.51. The highest BCUT2D eigenvalue weighted by atomic mass is 28.4. The Morgan fingerprint density at radius 2 is 1.39 bits per heavy atom. The van der Waals surface area contributed by atoms with Gasteiger partial charge in [-0.25, -0.2) is 4.79 Å². The number of ether oxygens (including phenoxy) is 2. The molecule has 46 heavy (non-hydrogen) atoms. The van der Waals surface area contributed by atoms with Crippen molar-refractivity contribution in [1.29, 1.82) is 0 Å². The summed E-state index contributed by atoms with van der Waals surface area (Å²) in [5.41, 5.74) is 6.87. The minimum atomic E-state index is -2.20. The molecule has 1 amide bonds. The van der Waals surface area contributed by atoms with Gasteiger partial charge in [0.05, 0.1) is 7.11 Å². The fraction of sp³-hybridized carbons (Fsp3) is 0.474. The van der Waals surface area contributed by atoms with Gasteiger partial charge in [-0.1, -0.05) is 103 Å². The number of carboxylic acids is 1. The highest BCUT2D eigenvalue weighted by Crippen LogP contribution is 2.46. The average molecular weight is 646 g/mol. The van der Waals surface area contributed by atoms with E-state index in [0.717, 1.165) is 11.3 Å². The number of aliphatic carboxylic acids is 1. The van der Waals surface area contributed by atoms with E-state index in [0.29, 0.717) is 54.7 Å². The molecule has 4 rings (SSSR count). The summed E-state index contributed by atoms with van der Waals surface area (Å²) in [6, 6.07) is 22.5. The van der Waals surface area contributed by atoms with Gasteiger partial charge < -0.3 is 23.9 Å². The van der Waals surface area contributed by atoms with Crippen molar-refractivity contribution in [3.8, 4) is 22.6 Å². The van der Waals surface area contributed by atoms with E-state index in [1.54, 1.807) is 12.0 Å².